The predicted octanol–water partition coefficient (Wildman–Crippen LogP) is 1.38. The Morgan fingerprint density at radius 3 is 2.29 bits per heavy atom. The molecule has 3 N–H and O–H groups in total. The van der Waals surface area contributed by atoms with E-state index in [0.29, 0.717) is 6.07 Å². The van der Waals surface area contributed by atoms with Crippen LogP contribution in [0.1, 0.15) is 20.7 Å². The number of ether oxygens (including phenoxy) is 1. The van der Waals surface area contributed by atoms with Crippen LogP contribution in [0.5, 0.6) is 5.75 Å². The van der Waals surface area contributed by atoms with Gasteiger partial charge in [0.25, 0.3) is 0 Å². The van der Waals surface area contributed by atoms with E-state index in [-0.39, 0.29) is 5.56 Å². The summed E-state index contributed by atoms with van der Waals surface area (Å²) < 4.78 is 39.3. The van der Waals surface area contributed by atoms with E-state index in [1.807, 2.05) is 0 Å². The number of carboxylic acids is 1. The lowest BCUT2D eigenvalue weighted by Gasteiger charge is -2.11. The molecule has 0 aromatic heterocycles. The molecule has 0 heterocycles. The molecular formula is C9H6F3NO4. The number of amides is 1. The molecule has 0 aliphatic carbocycles. The van der Waals surface area contributed by atoms with Gasteiger partial charge >= 0.3 is 12.3 Å². The maximum Gasteiger partial charge on any atom is 0.573 e. The van der Waals surface area contributed by atoms with E-state index < -0.39 is 29.6 Å². The van der Waals surface area contributed by atoms with Crippen LogP contribution in [0.3, 0.4) is 0 Å². The first kappa shape index (κ1) is 12.8. The Morgan fingerprint density at radius 2 is 1.88 bits per heavy atom. The van der Waals surface area contributed by atoms with E-state index >= 15 is 0 Å². The molecule has 0 aliphatic heterocycles. The lowest BCUT2D eigenvalue weighted by atomic mass is 10.1. The highest BCUT2D eigenvalue weighted by molar-refractivity contribution is 5.98. The Morgan fingerprint density at radius 1 is 1.29 bits per heavy atom. The second-order valence-electron chi connectivity index (χ2n) is 2.93. The van der Waals surface area contributed by atoms with Crippen molar-refractivity contribution in [1.29, 1.82) is 0 Å². The second kappa shape index (κ2) is 4.32. The molecule has 0 bridgehead atoms. The molecule has 0 fully saturated rings. The lowest BCUT2D eigenvalue weighted by molar-refractivity contribution is -0.274. The summed E-state index contributed by atoms with van der Waals surface area (Å²) in [5.74, 6) is -3.52. The quantitative estimate of drug-likeness (QED) is 0.846. The largest absolute Gasteiger partial charge is 0.573 e. The number of hydrogen-bond donors (Lipinski definition) is 2. The molecule has 0 saturated carbocycles. The molecular weight excluding hydrogens is 243 g/mol. The zero-order valence-electron chi connectivity index (χ0n) is 8.12. The number of carbonyl (C=O) groups is 2. The number of hydrogen-bond acceptors (Lipinski definition) is 3. The molecule has 0 spiro atoms. The van der Waals surface area contributed by atoms with Crippen molar-refractivity contribution in [3.63, 3.8) is 0 Å². The monoisotopic (exact) mass is 249 g/mol. The molecule has 92 valence electrons. The van der Waals surface area contributed by atoms with Gasteiger partial charge in [-0.05, 0) is 18.2 Å². The third-order valence-corrected chi connectivity index (χ3v) is 1.72. The molecule has 1 aromatic rings. The van der Waals surface area contributed by atoms with Crippen molar-refractivity contribution in [2.24, 2.45) is 5.73 Å². The SMILES string of the molecule is NC(=O)c1ccc(OC(F)(F)F)c(C(=O)O)c1. The van der Waals surface area contributed by atoms with Gasteiger partial charge in [0.05, 0.1) is 0 Å². The van der Waals surface area contributed by atoms with Crippen molar-refractivity contribution in [3.05, 3.63) is 29.3 Å². The van der Waals surface area contributed by atoms with Crippen LogP contribution in [0.2, 0.25) is 0 Å². The summed E-state index contributed by atoms with van der Waals surface area (Å²) in [6.07, 6.45) is -5.02. The van der Waals surface area contributed by atoms with Gasteiger partial charge in [-0.1, -0.05) is 0 Å². The Balaban J connectivity index is 3.23. The molecule has 0 atom stereocenters. The van der Waals surface area contributed by atoms with Gasteiger partial charge in [0, 0.05) is 5.56 Å². The summed E-state index contributed by atoms with van der Waals surface area (Å²) in [5, 5.41) is 8.67. The third kappa shape index (κ3) is 3.37. The lowest BCUT2D eigenvalue weighted by Crippen LogP contribution is -2.20. The molecule has 0 saturated heterocycles. The first-order chi connectivity index (χ1) is 7.70. The fraction of sp³-hybridized carbons (Fsp3) is 0.111. The number of carbonyl (C=O) groups excluding carboxylic acids is 1. The zero-order valence-corrected chi connectivity index (χ0v) is 8.12. The molecule has 8 heteroatoms. The molecule has 17 heavy (non-hydrogen) atoms. The number of alkyl halides is 3. The van der Waals surface area contributed by atoms with Gasteiger partial charge in [-0.25, -0.2) is 4.79 Å². The number of halogens is 3. The zero-order chi connectivity index (χ0) is 13.2. The Kier molecular flexibility index (Phi) is 3.26. The van der Waals surface area contributed by atoms with Crippen molar-refractivity contribution in [1.82, 2.24) is 0 Å². The molecule has 0 aliphatic rings. The van der Waals surface area contributed by atoms with Gasteiger partial charge in [-0.2, -0.15) is 0 Å². The fourth-order valence-electron chi connectivity index (χ4n) is 1.06. The summed E-state index contributed by atoms with van der Waals surface area (Å²) in [6.45, 7) is 0. The molecule has 1 amide bonds. The van der Waals surface area contributed by atoms with E-state index in [4.69, 9.17) is 10.8 Å². The minimum Gasteiger partial charge on any atom is -0.478 e. The van der Waals surface area contributed by atoms with Crippen LogP contribution in [0.4, 0.5) is 13.2 Å². The van der Waals surface area contributed by atoms with E-state index in [1.54, 1.807) is 0 Å². The van der Waals surface area contributed by atoms with Gasteiger partial charge in [0.15, 0.2) is 0 Å². The Bertz CT molecular complexity index is 470. The van der Waals surface area contributed by atoms with E-state index in [9.17, 15) is 22.8 Å². The average molecular weight is 249 g/mol. The summed E-state index contributed by atoms with van der Waals surface area (Å²) in [5.41, 5.74) is 3.85. The van der Waals surface area contributed by atoms with E-state index in [1.165, 1.54) is 0 Å². The van der Waals surface area contributed by atoms with Gasteiger partial charge < -0.3 is 15.6 Å². The number of nitrogens with two attached hydrogens (primary N) is 1. The maximum atomic E-state index is 11.9. The molecule has 1 aromatic carbocycles. The van der Waals surface area contributed by atoms with Crippen molar-refractivity contribution in [2.75, 3.05) is 0 Å². The first-order valence-electron chi connectivity index (χ1n) is 4.13. The first-order valence-corrected chi connectivity index (χ1v) is 4.13. The highest BCUT2D eigenvalue weighted by Gasteiger charge is 2.33. The van der Waals surface area contributed by atoms with Gasteiger partial charge in [0.2, 0.25) is 5.91 Å². The molecule has 5 nitrogen and oxygen atoms in total. The second-order valence-corrected chi connectivity index (χ2v) is 2.93. The maximum absolute atomic E-state index is 11.9. The summed E-state index contributed by atoms with van der Waals surface area (Å²) in [4.78, 5) is 21.4. The van der Waals surface area contributed by atoms with Gasteiger partial charge in [-0.15, -0.1) is 13.2 Å². The van der Waals surface area contributed by atoms with Crippen LogP contribution in [0.25, 0.3) is 0 Å². The molecule has 0 radical (unpaired) electrons. The van der Waals surface area contributed by atoms with Gasteiger partial charge in [0.1, 0.15) is 11.3 Å². The minimum atomic E-state index is -5.02. The Hall–Kier alpha value is -2.25. The van der Waals surface area contributed by atoms with Crippen LogP contribution in [0, 0.1) is 0 Å². The van der Waals surface area contributed by atoms with Crippen LogP contribution >= 0.6 is 0 Å². The highest BCUT2D eigenvalue weighted by atomic mass is 19.4. The standard InChI is InChI=1S/C9H6F3NO4/c10-9(11,12)17-6-2-1-4(7(13)14)3-5(6)8(15)16/h1-3H,(H2,13,14)(H,15,16). The molecule has 1 rings (SSSR count). The van der Waals surface area contributed by atoms with Crippen LogP contribution < -0.4 is 10.5 Å². The number of benzene rings is 1. The third-order valence-electron chi connectivity index (χ3n) is 1.72. The number of aromatic carboxylic acids is 1. The summed E-state index contributed by atoms with van der Waals surface area (Å²) >= 11 is 0. The minimum absolute atomic E-state index is 0.225. The molecule has 0 unspecified atom stereocenters. The predicted molar refractivity (Wildman–Crippen MR) is 48.6 cm³/mol. The van der Waals surface area contributed by atoms with Crippen molar-refractivity contribution in [3.8, 4) is 5.75 Å². The van der Waals surface area contributed by atoms with Crippen molar-refractivity contribution in [2.45, 2.75) is 6.36 Å². The van der Waals surface area contributed by atoms with Gasteiger partial charge in [-0.3, -0.25) is 4.79 Å². The van der Waals surface area contributed by atoms with Crippen molar-refractivity contribution < 1.29 is 32.6 Å². The smallest absolute Gasteiger partial charge is 0.478 e. The van der Waals surface area contributed by atoms with Crippen LogP contribution in [-0.2, 0) is 0 Å². The average Bonchev–Trinajstić information content (AvgIpc) is 2.14. The van der Waals surface area contributed by atoms with E-state index in [0.717, 1.165) is 12.1 Å². The number of rotatable bonds is 3. The topological polar surface area (TPSA) is 89.6 Å². The van der Waals surface area contributed by atoms with Crippen LogP contribution in [0.15, 0.2) is 18.2 Å². The van der Waals surface area contributed by atoms with Crippen LogP contribution in [-0.4, -0.2) is 23.3 Å². The highest BCUT2D eigenvalue weighted by Crippen LogP contribution is 2.27. The normalized spacial score (nSPS) is 11.0. The Labute approximate surface area is 92.6 Å². The summed E-state index contributed by atoms with van der Waals surface area (Å²) in [7, 11) is 0. The fourth-order valence-corrected chi connectivity index (χ4v) is 1.06. The number of primary amides is 1. The van der Waals surface area contributed by atoms with E-state index in [2.05, 4.69) is 4.74 Å². The summed E-state index contributed by atoms with van der Waals surface area (Å²) in [6, 6.07) is 2.37. The number of carboxylic acid groups (broad SMARTS) is 1. The van der Waals surface area contributed by atoms with Crippen molar-refractivity contribution >= 4 is 11.9 Å².